The Balaban J connectivity index is 1.42. The van der Waals surface area contributed by atoms with Crippen LogP contribution in [0.4, 0.5) is 5.69 Å². The predicted molar refractivity (Wildman–Crippen MR) is 112 cm³/mol. The number of imidazole rings is 1. The monoisotopic (exact) mass is 392 g/mol. The zero-order valence-electron chi connectivity index (χ0n) is 16.4. The Kier molecular flexibility index (Phi) is 5.20. The van der Waals surface area contributed by atoms with Gasteiger partial charge in [0.1, 0.15) is 6.54 Å². The Morgan fingerprint density at radius 1 is 1.00 bits per heavy atom. The molecular formula is C22H24N4O3. The molecule has 29 heavy (non-hydrogen) atoms. The van der Waals surface area contributed by atoms with Crippen LogP contribution in [-0.2, 0) is 29.2 Å². The van der Waals surface area contributed by atoms with E-state index in [2.05, 4.69) is 5.32 Å². The number of benzene rings is 2. The fourth-order valence-corrected chi connectivity index (χ4v) is 3.85. The maximum atomic E-state index is 12.6. The van der Waals surface area contributed by atoms with Crippen LogP contribution in [-0.4, -0.2) is 27.5 Å². The number of amides is 2. The Morgan fingerprint density at radius 3 is 2.31 bits per heavy atom. The van der Waals surface area contributed by atoms with E-state index in [1.165, 1.54) is 4.57 Å². The number of fused-ring (bicyclic) bond motifs is 1. The highest BCUT2D eigenvalue weighted by atomic mass is 16.2. The van der Waals surface area contributed by atoms with Gasteiger partial charge in [0.05, 0.1) is 11.0 Å². The van der Waals surface area contributed by atoms with Gasteiger partial charge in [-0.1, -0.05) is 24.3 Å². The van der Waals surface area contributed by atoms with Crippen molar-refractivity contribution in [3.05, 3.63) is 64.6 Å². The van der Waals surface area contributed by atoms with Gasteiger partial charge in [0.2, 0.25) is 11.8 Å². The summed E-state index contributed by atoms with van der Waals surface area (Å²) in [6.07, 6.45) is 1.50. The van der Waals surface area contributed by atoms with Gasteiger partial charge in [-0.15, -0.1) is 0 Å². The summed E-state index contributed by atoms with van der Waals surface area (Å²) in [7, 11) is 0. The van der Waals surface area contributed by atoms with Crippen molar-refractivity contribution in [3.63, 3.8) is 0 Å². The van der Waals surface area contributed by atoms with Gasteiger partial charge >= 0.3 is 5.69 Å². The molecule has 4 rings (SSSR count). The Morgan fingerprint density at radius 2 is 1.69 bits per heavy atom. The van der Waals surface area contributed by atoms with Crippen molar-refractivity contribution >= 4 is 28.5 Å². The summed E-state index contributed by atoms with van der Waals surface area (Å²) in [4.78, 5) is 38.7. The van der Waals surface area contributed by atoms with Crippen LogP contribution in [0.5, 0.6) is 0 Å². The van der Waals surface area contributed by atoms with Crippen LogP contribution in [0, 0.1) is 0 Å². The molecule has 150 valence electrons. The van der Waals surface area contributed by atoms with Crippen molar-refractivity contribution in [3.8, 4) is 0 Å². The van der Waals surface area contributed by atoms with E-state index in [9.17, 15) is 14.4 Å². The lowest BCUT2D eigenvalue weighted by atomic mass is 10.2. The molecular weight excluding hydrogens is 368 g/mol. The zero-order chi connectivity index (χ0) is 20.4. The van der Waals surface area contributed by atoms with E-state index >= 15 is 0 Å². The molecule has 3 aromatic rings. The van der Waals surface area contributed by atoms with E-state index in [0.29, 0.717) is 19.5 Å². The quantitative estimate of drug-likeness (QED) is 0.699. The molecule has 7 heteroatoms. The lowest BCUT2D eigenvalue weighted by molar-refractivity contribution is -0.121. The van der Waals surface area contributed by atoms with E-state index in [1.807, 2.05) is 55.5 Å². The number of hydrogen-bond donors (Lipinski definition) is 1. The molecule has 0 bridgehead atoms. The van der Waals surface area contributed by atoms with Crippen LogP contribution in [0.2, 0.25) is 0 Å². The summed E-state index contributed by atoms with van der Waals surface area (Å²) in [6.45, 7) is 3.58. The predicted octanol–water partition coefficient (Wildman–Crippen LogP) is 2.27. The second-order valence-electron chi connectivity index (χ2n) is 7.19. The summed E-state index contributed by atoms with van der Waals surface area (Å²) in [6, 6.07) is 15.1. The highest BCUT2D eigenvalue weighted by molar-refractivity contribution is 5.95. The molecule has 1 aromatic heterocycles. The smallest absolute Gasteiger partial charge is 0.329 e. The van der Waals surface area contributed by atoms with Gasteiger partial charge in [-0.25, -0.2) is 4.79 Å². The summed E-state index contributed by atoms with van der Waals surface area (Å²) < 4.78 is 3.18. The number of aromatic nitrogens is 2. The second-order valence-corrected chi connectivity index (χ2v) is 7.19. The second kappa shape index (κ2) is 7.95. The number of nitrogens with one attached hydrogen (secondary N) is 1. The van der Waals surface area contributed by atoms with Gasteiger partial charge in [0, 0.05) is 31.7 Å². The number of anilines is 1. The van der Waals surface area contributed by atoms with E-state index in [-0.39, 0.29) is 24.0 Å². The molecule has 0 saturated carbocycles. The van der Waals surface area contributed by atoms with Crippen LogP contribution < -0.4 is 15.9 Å². The average Bonchev–Trinajstić information content (AvgIpc) is 3.28. The summed E-state index contributed by atoms with van der Waals surface area (Å²) in [5.74, 6) is -0.0624. The molecule has 2 amide bonds. The van der Waals surface area contributed by atoms with E-state index < -0.39 is 0 Å². The van der Waals surface area contributed by atoms with Crippen molar-refractivity contribution in [2.24, 2.45) is 0 Å². The Bertz CT molecular complexity index is 1110. The molecule has 1 saturated heterocycles. The number of carbonyl (C=O) groups excluding carboxylic acids is 2. The van der Waals surface area contributed by atoms with Crippen LogP contribution in [0.3, 0.4) is 0 Å². The third-order valence-corrected chi connectivity index (χ3v) is 5.35. The average molecular weight is 392 g/mol. The zero-order valence-corrected chi connectivity index (χ0v) is 16.4. The summed E-state index contributed by atoms with van der Waals surface area (Å²) >= 11 is 0. The molecule has 1 aliphatic rings. The highest BCUT2D eigenvalue weighted by Crippen LogP contribution is 2.21. The van der Waals surface area contributed by atoms with Crippen molar-refractivity contribution < 1.29 is 9.59 Å². The van der Waals surface area contributed by atoms with Gasteiger partial charge in [-0.05, 0) is 43.2 Å². The highest BCUT2D eigenvalue weighted by Gasteiger charge is 2.21. The lowest BCUT2D eigenvalue weighted by Crippen LogP contribution is -2.32. The normalized spacial score (nSPS) is 14.0. The minimum Gasteiger partial charge on any atom is -0.350 e. The molecule has 1 aliphatic heterocycles. The SMILES string of the molecule is CCn1c(=O)n(CC(=O)NCc2ccc(N3CCCC3=O)cc2)c2ccccc21. The fraction of sp³-hybridized carbons (Fsp3) is 0.318. The topological polar surface area (TPSA) is 76.3 Å². The molecule has 0 aliphatic carbocycles. The molecule has 0 atom stereocenters. The van der Waals surface area contributed by atoms with Crippen LogP contribution in [0.1, 0.15) is 25.3 Å². The van der Waals surface area contributed by atoms with Gasteiger partial charge in [-0.3, -0.25) is 18.7 Å². The first-order valence-electron chi connectivity index (χ1n) is 9.92. The van der Waals surface area contributed by atoms with Crippen LogP contribution in [0.25, 0.3) is 11.0 Å². The minimum atomic E-state index is -0.218. The van der Waals surface area contributed by atoms with E-state index in [4.69, 9.17) is 0 Å². The first kappa shape index (κ1) is 19.0. The lowest BCUT2D eigenvalue weighted by Gasteiger charge is -2.16. The van der Waals surface area contributed by atoms with Crippen molar-refractivity contribution in [2.75, 3.05) is 11.4 Å². The first-order chi connectivity index (χ1) is 14.1. The van der Waals surface area contributed by atoms with E-state index in [0.717, 1.165) is 35.2 Å². The van der Waals surface area contributed by atoms with Gasteiger partial charge in [0.25, 0.3) is 0 Å². The maximum Gasteiger partial charge on any atom is 0.329 e. The fourth-order valence-electron chi connectivity index (χ4n) is 3.85. The number of para-hydroxylation sites is 2. The maximum absolute atomic E-state index is 12.6. The molecule has 2 heterocycles. The van der Waals surface area contributed by atoms with Crippen molar-refractivity contribution in [2.45, 2.75) is 39.4 Å². The number of aryl methyl sites for hydroxylation is 1. The molecule has 0 unspecified atom stereocenters. The van der Waals surface area contributed by atoms with E-state index in [1.54, 1.807) is 9.47 Å². The van der Waals surface area contributed by atoms with Crippen LogP contribution in [0.15, 0.2) is 53.3 Å². The number of nitrogens with zero attached hydrogens (tertiary/aromatic N) is 3. The van der Waals surface area contributed by atoms with Crippen LogP contribution >= 0.6 is 0 Å². The van der Waals surface area contributed by atoms with Gasteiger partial charge in [-0.2, -0.15) is 0 Å². The molecule has 1 fully saturated rings. The molecule has 0 spiro atoms. The molecule has 1 N–H and O–H groups in total. The Labute approximate surface area is 168 Å². The van der Waals surface area contributed by atoms with Gasteiger partial charge < -0.3 is 10.2 Å². The Hall–Kier alpha value is -3.35. The van der Waals surface area contributed by atoms with Crippen molar-refractivity contribution in [1.29, 1.82) is 0 Å². The number of rotatable bonds is 6. The summed E-state index contributed by atoms with van der Waals surface area (Å²) in [5.41, 5.74) is 3.25. The molecule has 7 nitrogen and oxygen atoms in total. The third-order valence-electron chi connectivity index (χ3n) is 5.35. The number of hydrogen-bond acceptors (Lipinski definition) is 3. The molecule has 2 aromatic carbocycles. The standard InChI is InChI=1S/C22H24N4O3/c1-2-24-18-6-3-4-7-19(18)26(22(24)29)15-20(27)23-14-16-9-11-17(12-10-16)25-13-5-8-21(25)28/h3-4,6-7,9-12H,2,5,8,13-15H2,1H3,(H,23,27). The van der Waals surface area contributed by atoms with Crippen molar-refractivity contribution in [1.82, 2.24) is 14.5 Å². The van der Waals surface area contributed by atoms with Gasteiger partial charge in [0.15, 0.2) is 0 Å². The number of carbonyl (C=O) groups is 2. The summed E-state index contributed by atoms with van der Waals surface area (Å²) in [5, 5.41) is 2.88. The largest absolute Gasteiger partial charge is 0.350 e. The first-order valence-corrected chi connectivity index (χ1v) is 9.92. The molecule has 0 radical (unpaired) electrons. The minimum absolute atomic E-state index is 0.0211. The third kappa shape index (κ3) is 3.68.